The maximum absolute atomic E-state index is 11.6. The molecule has 0 saturated heterocycles. The molecule has 2 heterocycles. The van der Waals surface area contributed by atoms with Crippen LogP contribution in [0.2, 0.25) is 5.02 Å². The fraction of sp³-hybridized carbons (Fsp3) is 0.167. The summed E-state index contributed by atoms with van der Waals surface area (Å²) in [7, 11) is 3.22. The highest BCUT2D eigenvalue weighted by atomic mass is 35.5. The summed E-state index contributed by atoms with van der Waals surface area (Å²) in [6.45, 7) is 0. The molecule has 4 aromatic rings. The molecule has 8 heteroatoms. The minimum absolute atomic E-state index is 0.415. The fourth-order valence-corrected chi connectivity index (χ4v) is 2.99. The second kappa shape index (κ2) is 6.34. The second-order valence-electron chi connectivity index (χ2n) is 5.77. The van der Waals surface area contributed by atoms with Crippen molar-refractivity contribution in [3.05, 3.63) is 63.4 Å². The van der Waals surface area contributed by atoms with Gasteiger partial charge in [0.2, 0.25) is 11.7 Å². The van der Waals surface area contributed by atoms with E-state index >= 15 is 0 Å². The van der Waals surface area contributed by atoms with Crippen molar-refractivity contribution in [2.24, 2.45) is 7.05 Å². The van der Waals surface area contributed by atoms with Gasteiger partial charge in [0.25, 0.3) is 0 Å². The third kappa shape index (κ3) is 2.86. The Hall–Kier alpha value is -3.06. The van der Waals surface area contributed by atoms with Crippen molar-refractivity contribution in [1.82, 2.24) is 14.7 Å². The van der Waals surface area contributed by atoms with Crippen LogP contribution in [0.5, 0.6) is 5.75 Å². The number of oxazole rings is 1. The van der Waals surface area contributed by atoms with Gasteiger partial charge in [0.15, 0.2) is 5.58 Å². The first-order valence-corrected chi connectivity index (χ1v) is 8.18. The molecule has 4 rings (SSSR count). The molecule has 2 aromatic heterocycles. The molecule has 0 amide bonds. The van der Waals surface area contributed by atoms with E-state index in [1.54, 1.807) is 38.4 Å². The van der Waals surface area contributed by atoms with Gasteiger partial charge in [-0.1, -0.05) is 22.8 Å². The van der Waals surface area contributed by atoms with Crippen molar-refractivity contribution in [2.75, 3.05) is 7.11 Å². The first kappa shape index (κ1) is 16.4. The van der Waals surface area contributed by atoms with Gasteiger partial charge in [-0.05, 0) is 35.9 Å². The molecule has 0 spiro atoms. The first-order chi connectivity index (χ1) is 12.5. The highest BCUT2D eigenvalue weighted by Gasteiger charge is 2.13. The molecule has 0 aliphatic carbocycles. The molecule has 0 N–H and O–H groups in total. The summed E-state index contributed by atoms with van der Waals surface area (Å²) < 4.78 is 17.1. The monoisotopic (exact) mass is 371 g/mol. The van der Waals surface area contributed by atoms with Crippen LogP contribution in [0.4, 0.5) is 0 Å². The number of hydrogen-bond donors (Lipinski definition) is 0. The van der Waals surface area contributed by atoms with Gasteiger partial charge >= 0.3 is 5.76 Å². The number of halogens is 1. The van der Waals surface area contributed by atoms with Crippen LogP contribution in [0.3, 0.4) is 0 Å². The molecule has 0 saturated carbocycles. The highest BCUT2D eigenvalue weighted by Crippen LogP contribution is 2.26. The van der Waals surface area contributed by atoms with E-state index in [0.717, 1.165) is 5.56 Å². The summed E-state index contributed by atoms with van der Waals surface area (Å²) in [5.74, 6) is 1.07. The third-order valence-corrected chi connectivity index (χ3v) is 4.39. The fourth-order valence-electron chi connectivity index (χ4n) is 2.71. The molecule has 0 bridgehead atoms. The van der Waals surface area contributed by atoms with Gasteiger partial charge < -0.3 is 13.7 Å². The Morgan fingerprint density at radius 1 is 1.23 bits per heavy atom. The SMILES string of the molecule is COc1ccc(Cc2nc(-c3ccc4c(c3)oc(=O)n4C)no2)cc1Cl. The molecule has 0 radical (unpaired) electrons. The van der Waals surface area contributed by atoms with E-state index in [2.05, 4.69) is 10.1 Å². The standard InChI is InChI=1S/C18H14ClN3O4/c1-22-13-5-4-11(9-15(13)25-18(22)23)17-20-16(26-21-17)8-10-3-6-14(24-2)12(19)7-10/h3-7,9H,8H2,1-2H3. The Labute approximate surface area is 152 Å². The highest BCUT2D eigenvalue weighted by molar-refractivity contribution is 6.32. The first-order valence-electron chi connectivity index (χ1n) is 7.80. The Morgan fingerprint density at radius 2 is 2.08 bits per heavy atom. The molecular formula is C18H14ClN3O4. The molecule has 132 valence electrons. The van der Waals surface area contributed by atoms with Crippen LogP contribution in [0.15, 0.2) is 50.1 Å². The summed E-state index contributed by atoms with van der Waals surface area (Å²) in [5.41, 5.74) is 2.81. The van der Waals surface area contributed by atoms with Crippen LogP contribution >= 0.6 is 11.6 Å². The number of rotatable bonds is 4. The van der Waals surface area contributed by atoms with Gasteiger partial charge in [0.1, 0.15) is 5.75 Å². The number of hydrogen-bond acceptors (Lipinski definition) is 6. The van der Waals surface area contributed by atoms with Crippen LogP contribution < -0.4 is 10.5 Å². The zero-order valence-corrected chi connectivity index (χ0v) is 14.8. The van der Waals surface area contributed by atoms with Gasteiger partial charge in [-0.15, -0.1) is 0 Å². The number of aromatic nitrogens is 3. The predicted molar refractivity (Wildman–Crippen MR) is 95.6 cm³/mol. The maximum Gasteiger partial charge on any atom is 0.419 e. The van der Waals surface area contributed by atoms with Crippen molar-refractivity contribution in [2.45, 2.75) is 6.42 Å². The Balaban J connectivity index is 1.61. The lowest BCUT2D eigenvalue weighted by molar-refractivity contribution is 0.385. The van der Waals surface area contributed by atoms with E-state index in [1.165, 1.54) is 4.57 Å². The predicted octanol–water partition coefficient (Wildman–Crippen LogP) is 3.43. The van der Waals surface area contributed by atoms with E-state index < -0.39 is 5.76 Å². The van der Waals surface area contributed by atoms with Gasteiger partial charge in [-0.3, -0.25) is 4.57 Å². The Morgan fingerprint density at radius 3 is 2.85 bits per heavy atom. The van der Waals surface area contributed by atoms with Gasteiger partial charge in [-0.25, -0.2) is 4.79 Å². The van der Waals surface area contributed by atoms with E-state index in [-0.39, 0.29) is 0 Å². The number of fused-ring (bicyclic) bond motifs is 1. The molecule has 7 nitrogen and oxygen atoms in total. The average Bonchev–Trinajstić information content (AvgIpc) is 3.20. The minimum Gasteiger partial charge on any atom is -0.495 e. The van der Waals surface area contributed by atoms with Crippen molar-refractivity contribution in [1.29, 1.82) is 0 Å². The molecule has 2 aromatic carbocycles. The van der Waals surface area contributed by atoms with Crippen molar-refractivity contribution < 1.29 is 13.7 Å². The third-order valence-electron chi connectivity index (χ3n) is 4.09. The van der Waals surface area contributed by atoms with E-state index in [1.807, 2.05) is 12.1 Å². The molecule has 26 heavy (non-hydrogen) atoms. The zero-order chi connectivity index (χ0) is 18.3. The summed E-state index contributed by atoms with van der Waals surface area (Å²) in [6, 6.07) is 10.8. The van der Waals surface area contributed by atoms with Crippen LogP contribution in [0, 0.1) is 0 Å². The van der Waals surface area contributed by atoms with E-state index in [4.69, 9.17) is 25.3 Å². The van der Waals surface area contributed by atoms with Gasteiger partial charge in [0.05, 0.1) is 24.1 Å². The molecule has 0 unspecified atom stereocenters. The Kier molecular flexibility index (Phi) is 4.00. The second-order valence-corrected chi connectivity index (χ2v) is 6.17. The summed E-state index contributed by atoms with van der Waals surface area (Å²) >= 11 is 6.14. The van der Waals surface area contributed by atoms with Crippen LogP contribution in [-0.4, -0.2) is 21.8 Å². The van der Waals surface area contributed by atoms with Crippen molar-refractivity contribution >= 4 is 22.7 Å². The topological polar surface area (TPSA) is 83.3 Å². The van der Waals surface area contributed by atoms with Crippen LogP contribution in [0.25, 0.3) is 22.5 Å². The number of methoxy groups -OCH3 is 1. The number of ether oxygens (including phenoxy) is 1. The maximum atomic E-state index is 11.6. The number of benzene rings is 2. The summed E-state index contributed by atoms with van der Waals surface area (Å²) in [6.07, 6.45) is 0.444. The normalized spacial score (nSPS) is 11.2. The average molecular weight is 372 g/mol. The number of nitrogens with zero attached hydrogens (tertiary/aromatic N) is 3. The molecule has 0 aliphatic rings. The van der Waals surface area contributed by atoms with Crippen molar-refractivity contribution in [3.63, 3.8) is 0 Å². The quantitative estimate of drug-likeness (QED) is 0.546. The summed E-state index contributed by atoms with van der Waals surface area (Å²) in [4.78, 5) is 16.0. The van der Waals surface area contributed by atoms with Gasteiger partial charge in [-0.2, -0.15) is 4.98 Å². The largest absolute Gasteiger partial charge is 0.495 e. The Bertz CT molecular complexity index is 1160. The lowest BCUT2D eigenvalue weighted by atomic mass is 10.1. The van der Waals surface area contributed by atoms with E-state index in [0.29, 0.717) is 45.6 Å². The lowest BCUT2D eigenvalue weighted by Crippen LogP contribution is -2.08. The molecule has 0 atom stereocenters. The lowest BCUT2D eigenvalue weighted by Gasteiger charge is -2.04. The van der Waals surface area contributed by atoms with Gasteiger partial charge in [0, 0.05) is 12.6 Å². The zero-order valence-electron chi connectivity index (χ0n) is 14.0. The van der Waals surface area contributed by atoms with E-state index in [9.17, 15) is 4.79 Å². The van der Waals surface area contributed by atoms with Crippen molar-refractivity contribution in [3.8, 4) is 17.1 Å². The molecule has 0 fully saturated rings. The van der Waals surface area contributed by atoms with Crippen LogP contribution in [0.1, 0.15) is 11.5 Å². The molecule has 0 aliphatic heterocycles. The number of aryl methyl sites for hydroxylation is 1. The smallest absolute Gasteiger partial charge is 0.419 e. The minimum atomic E-state index is -0.415. The van der Waals surface area contributed by atoms with Crippen LogP contribution in [-0.2, 0) is 13.5 Å². The molecular weight excluding hydrogens is 358 g/mol. The summed E-state index contributed by atoms with van der Waals surface area (Å²) in [5, 5.41) is 4.53.